The van der Waals surface area contributed by atoms with Crippen LogP contribution >= 0.6 is 0 Å². The average molecular weight is 361 g/mol. The fourth-order valence-corrected chi connectivity index (χ4v) is 3.17. The van der Waals surface area contributed by atoms with E-state index >= 15 is 0 Å². The van der Waals surface area contributed by atoms with Crippen molar-refractivity contribution >= 4 is 17.9 Å². The molecule has 0 aliphatic carbocycles. The number of benzene rings is 1. The Kier molecular flexibility index (Phi) is 4.73. The van der Waals surface area contributed by atoms with E-state index in [2.05, 4.69) is 4.99 Å². The Labute approximate surface area is 151 Å². The molecule has 2 heterocycles. The van der Waals surface area contributed by atoms with Crippen LogP contribution in [0.25, 0.3) is 0 Å². The number of rotatable bonds is 5. The Bertz CT molecular complexity index is 752. The molecule has 0 saturated carbocycles. The monoisotopic (exact) mass is 361 g/mol. The molecule has 0 bridgehead atoms. The van der Waals surface area contributed by atoms with E-state index in [4.69, 9.17) is 10.5 Å². The molecule has 3 rings (SSSR count). The van der Waals surface area contributed by atoms with Crippen molar-refractivity contribution < 1.29 is 19.4 Å². The number of fused-ring (bicyclic) bond motifs is 1. The number of nitrogens with two attached hydrogens (primary N) is 1. The highest BCUT2D eigenvalue weighted by molar-refractivity contribution is 6.03. The summed E-state index contributed by atoms with van der Waals surface area (Å²) >= 11 is 0. The molecule has 1 aromatic carbocycles. The maximum absolute atomic E-state index is 12.5. The Morgan fingerprint density at radius 1 is 1.35 bits per heavy atom. The number of aliphatic hydroxyl groups is 1. The van der Waals surface area contributed by atoms with Crippen LogP contribution in [0.15, 0.2) is 29.3 Å². The summed E-state index contributed by atoms with van der Waals surface area (Å²) in [6, 6.07) is 6.33. The number of imide groups is 1. The number of hydrogen-bond acceptors (Lipinski definition) is 7. The maximum atomic E-state index is 12.5. The van der Waals surface area contributed by atoms with Gasteiger partial charge >= 0.3 is 6.03 Å². The zero-order chi connectivity index (χ0) is 19.0. The summed E-state index contributed by atoms with van der Waals surface area (Å²) in [4.78, 5) is 32.7. The summed E-state index contributed by atoms with van der Waals surface area (Å²) in [5, 5.41) is 10.3. The largest absolute Gasteiger partial charge is 0.491 e. The summed E-state index contributed by atoms with van der Waals surface area (Å²) in [6.45, 7) is 2.07. The molecule has 9 nitrogen and oxygen atoms in total. The molecule has 2 aliphatic heterocycles. The number of guanidine groups is 1. The highest BCUT2D eigenvalue weighted by Gasteiger charge is 2.50. The van der Waals surface area contributed by atoms with E-state index in [1.165, 1.54) is 16.8 Å². The van der Waals surface area contributed by atoms with Gasteiger partial charge in [0.1, 0.15) is 18.5 Å². The van der Waals surface area contributed by atoms with Gasteiger partial charge in [0.05, 0.1) is 6.54 Å². The molecule has 3 N–H and O–H groups in total. The van der Waals surface area contributed by atoms with E-state index in [1.54, 1.807) is 7.05 Å². The summed E-state index contributed by atoms with van der Waals surface area (Å²) in [5.41, 5.74) is 7.00. The van der Waals surface area contributed by atoms with Crippen molar-refractivity contribution in [2.75, 3.05) is 27.2 Å². The zero-order valence-electron chi connectivity index (χ0n) is 15.0. The molecular formula is C17H23N5O4. The number of aryl methyl sites for hydroxylation is 1. The molecule has 2 aliphatic rings. The van der Waals surface area contributed by atoms with Gasteiger partial charge in [-0.15, -0.1) is 0 Å². The van der Waals surface area contributed by atoms with Gasteiger partial charge in [0.15, 0.2) is 18.2 Å². The molecule has 0 radical (unpaired) electrons. The van der Waals surface area contributed by atoms with Crippen molar-refractivity contribution in [3.8, 4) is 5.75 Å². The molecule has 0 unspecified atom stereocenters. The molecule has 1 fully saturated rings. The van der Waals surface area contributed by atoms with Gasteiger partial charge in [0.25, 0.3) is 5.91 Å². The van der Waals surface area contributed by atoms with Crippen LogP contribution in [0.1, 0.15) is 5.56 Å². The van der Waals surface area contributed by atoms with Crippen molar-refractivity contribution in [1.82, 2.24) is 14.7 Å². The van der Waals surface area contributed by atoms with Crippen molar-refractivity contribution in [3.05, 3.63) is 29.8 Å². The van der Waals surface area contributed by atoms with Gasteiger partial charge in [-0.3, -0.25) is 9.69 Å². The van der Waals surface area contributed by atoms with Crippen LogP contribution in [0, 0.1) is 6.92 Å². The lowest BCUT2D eigenvalue weighted by molar-refractivity contribution is -0.136. The lowest BCUT2D eigenvalue weighted by atomic mass is 10.1. The number of aliphatic hydroxyl groups excluding tert-OH is 1. The second-order valence-electron chi connectivity index (χ2n) is 6.57. The van der Waals surface area contributed by atoms with E-state index in [9.17, 15) is 14.7 Å². The Morgan fingerprint density at radius 3 is 2.77 bits per heavy atom. The smallest absolute Gasteiger partial charge is 0.328 e. The standard InChI is InChI=1S/C17H23N5O4/c1-10-5-4-6-12(7-10)26-9-11(23)8-22-13-14(19-16(22)18)20(2)17(25)21(3)15(13)24/h4-7,11,13-14,23H,8-9H2,1-3H3,(H2,18,19)/t11-,13+,14+/m0/s1. The molecule has 3 atom stereocenters. The van der Waals surface area contributed by atoms with Gasteiger partial charge in [0, 0.05) is 14.1 Å². The fourth-order valence-electron chi connectivity index (χ4n) is 3.17. The minimum absolute atomic E-state index is 0.0451. The zero-order valence-corrected chi connectivity index (χ0v) is 15.0. The predicted molar refractivity (Wildman–Crippen MR) is 94.5 cm³/mol. The fraction of sp³-hybridized carbons (Fsp3) is 0.471. The minimum Gasteiger partial charge on any atom is -0.491 e. The van der Waals surface area contributed by atoms with Crippen LogP contribution in [0.4, 0.5) is 4.79 Å². The van der Waals surface area contributed by atoms with E-state index < -0.39 is 30.2 Å². The van der Waals surface area contributed by atoms with Gasteiger partial charge in [0.2, 0.25) is 0 Å². The van der Waals surface area contributed by atoms with Crippen LogP contribution in [0.5, 0.6) is 5.75 Å². The summed E-state index contributed by atoms with van der Waals surface area (Å²) in [5.74, 6) is 0.385. The third kappa shape index (κ3) is 3.17. The highest BCUT2D eigenvalue weighted by Crippen LogP contribution is 2.26. The molecule has 140 valence electrons. The minimum atomic E-state index is -0.885. The number of likely N-dealkylation sites (N-methyl/N-ethyl adjacent to an activating group) is 2. The number of amides is 3. The molecular weight excluding hydrogens is 338 g/mol. The Hall–Kier alpha value is -2.81. The normalized spacial score (nSPS) is 23.8. The van der Waals surface area contributed by atoms with Gasteiger partial charge in [-0.2, -0.15) is 0 Å². The molecule has 0 aromatic heterocycles. The van der Waals surface area contributed by atoms with E-state index in [0.717, 1.165) is 10.5 Å². The lowest BCUT2D eigenvalue weighted by Crippen LogP contribution is -2.65. The van der Waals surface area contributed by atoms with Crippen LogP contribution in [0.2, 0.25) is 0 Å². The molecule has 1 saturated heterocycles. The number of urea groups is 1. The topological polar surface area (TPSA) is 112 Å². The van der Waals surface area contributed by atoms with Crippen LogP contribution < -0.4 is 10.5 Å². The number of nitrogens with zero attached hydrogens (tertiary/aromatic N) is 4. The van der Waals surface area contributed by atoms with E-state index in [-0.39, 0.29) is 19.1 Å². The number of carbonyl (C=O) groups is 2. The van der Waals surface area contributed by atoms with Crippen molar-refractivity contribution in [1.29, 1.82) is 0 Å². The number of carbonyl (C=O) groups excluding carboxylic acids is 2. The Morgan fingerprint density at radius 2 is 2.08 bits per heavy atom. The molecule has 0 spiro atoms. The predicted octanol–water partition coefficient (Wildman–Crippen LogP) is -0.416. The third-order valence-electron chi connectivity index (χ3n) is 4.59. The molecule has 26 heavy (non-hydrogen) atoms. The third-order valence-corrected chi connectivity index (χ3v) is 4.59. The van der Waals surface area contributed by atoms with Crippen LogP contribution in [0.3, 0.4) is 0 Å². The number of aliphatic imine (C=N–C) groups is 1. The molecule has 1 aromatic rings. The first kappa shape index (κ1) is 18.0. The van der Waals surface area contributed by atoms with Crippen LogP contribution in [-0.4, -0.2) is 83.3 Å². The van der Waals surface area contributed by atoms with Crippen molar-refractivity contribution in [2.45, 2.75) is 25.2 Å². The quantitative estimate of drug-likeness (QED) is 0.737. The van der Waals surface area contributed by atoms with Gasteiger partial charge in [-0.05, 0) is 24.6 Å². The van der Waals surface area contributed by atoms with E-state index in [0.29, 0.717) is 5.75 Å². The van der Waals surface area contributed by atoms with Gasteiger partial charge < -0.3 is 25.4 Å². The van der Waals surface area contributed by atoms with Crippen molar-refractivity contribution in [2.24, 2.45) is 10.7 Å². The second-order valence-corrected chi connectivity index (χ2v) is 6.57. The number of hydrogen-bond donors (Lipinski definition) is 2. The van der Waals surface area contributed by atoms with Crippen LogP contribution in [-0.2, 0) is 4.79 Å². The first-order valence-corrected chi connectivity index (χ1v) is 8.31. The first-order chi connectivity index (χ1) is 12.3. The summed E-state index contributed by atoms with van der Waals surface area (Å²) < 4.78 is 5.60. The van der Waals surface area contributed by atoms with Gasteiger partial charge in [-0.1, -0.05) is 12.1 Å². The first-order valence-electron chi connectivity index (χ1n) is 8.31. The SMILES string of the molecule is Cc1cccc(OC[C@@H](O)CN2C(N)=N[C@H]3[C@@H]2C(=O)N(C)C(=O)N3C)c1. The molecule has 3 amide bonds. The molecule has 9 heteroatoms. The second kappa shape index (κ2) is 6.83. The van der Waals surface area contributed by atoms with Crippen molar-refractivity contribution in [3.63, 3.8) is 0 Å². The van der Waals surface area contributed by atoms with E-state index in [1.807, 2.05) is 31.2 Å². The number of β-amino-alcohol motifs (C(OH)–C–C–N with tert-alkyl or cyclic N) is 1. The maximum Gasteiger partial charge on any atom is 0.328 e. The summed E-state index contributed by atoms with van der Waals surface area (Å²) in [7, 11) is 2.99. The highest BCUT2D eigenvalue weighted by atomic mass is 16.5. The number of ether oxygens (including phenoxy) is 1. The average Bonchev–Trinajstić information content (AvgIpc) is 2.93. The summed E-state index contributed by atoms with van der Waals surface area (Å²) in [6.07, 6.45) is -1.57. The van der Waals surface area contributed by atoms with Gasteiger partial charge in [-0.25, -0.2) is 9.79 Å². The lowest BCUT2D eigenvalue weighted by Gasteiger charge is -2.40. The Balaban J connectivity index is 1.66.